The van der Waals surface area contributed by atoms with Crippen molar-refractivity contribution in [3.63, 3.8) is 0 Å². The van der Waals surface area contributed by atoms with Crippen LogP contribution in [0.4, 0.5) is 13.2 Å². The number of aliphatic hydroxyl groups excluding tert-OH is 1. The van der Waals surface area contributed by atoms with Gasteiger partial charge >= 0.3 is 6.18 Å². The molecule has 0 aromatic rings. The van der Waals surface area contributed by atoms with Crippen LogP contribution in [-0.2, 0) is 4.74 Å². The Morgan fingerprint density at radius 2 is 1.94 bits per heavy atom. The van der Waals surface area contributed by atoms with Gasteiger partial charge in [-0.2, -0.15) is 13.2 Å². The van der Waals surface area contributed by atoms with E-state index in [4.69, 9.17) is 4.74 Å². The number of halogens is 3. The molecule has 0 bridgehead atoms. The average molecular weight is 239 g/mol. The summed E-state index contributed by atoms with van der Waals surface area (Å²) in [5.74, 6) is 0. The van der Waals surface area contributed by atoms with Gasteiger partial charge in [0.2, 0.25) is 0 Å². The minimum absolute atomic E-state index is 0.0250. The summed E-state index contributed by atoms with van der Waals surface area (Å²) in [6, 6.07) is -0.522. The molecule has 0 spiro atoms. The van der Waals surface area contributed by atoms with Gasteiger partial charge < -0.3 is 9.84 Å². The van der Waals surface area contributed by atoms with Gasteiger partial charge in [0, 0.05) is 12.6 Å². The number of rotatable bonds is 3. The van der Waals surface area contributed by atoms with Crippen LogP contribution in [0, 0.1) is 0 Å². The van der Waals surface area contributed by atoms with Crippen LogP contribution in [0.3, 0.4) is 0 Å². The summed E-state index contributed by atoms with van der Waals surface area (Å²) in [4.78, 5) is 1.36. The average Bonchev–Trinajstić information content (AvgIpc) is 2.97. The Hall–Kier alpha value is -0.330. The lowest BCUT2D eigenvalue weighted by molar-refractivity contribution is -0.167. The lowest BCUT2D eigenvalue weighted by Crippen LogP contribution is -2.53. The molecule has 94 valence electrons. The van der Waals surface area contributed by atoms with Crippen molar-refractivity contribution in [1.82, 2.24) is 4.90 Å². The zero-order valence-electron chi connectivity index (χ0n) is 8.91. The van der Waals surface area contributed by atoms with Crippen LogP contribution in [0.25, 0.3) is 0 Å². The molecule has 1 aliphatic heterocycles. The largest absolute Gasteiger partial charge is 0.401 e. The summed E-state index contributed by atoms with van der Waals surface area (Å²) in [6.07, 6.45) is -2.90. The van der Waals surface area contributed by atoms with Gasteiger partial charge in [-0.3, -0.25) is 4.90 Å². The molecule has 2 fully saturated rings. The highest BCUT2D eigenvalue weighted by Gasteiger charge is 2.44. The Balaban J connectivity index is 2.00. The highest BCUT2D eigenvalue weighted by molar-refractivity contribution is 4.93. The minimum Gasteiger partial charge on any atom is -0.391 e. The van der Waals surface area contributed by atoms with Crippen molar-refractivity contribution in [2.75, 3.05) is 19.8 Å². The molecule has 2 unspecified atom stereocenters. The summed E-state index contributed by atoms with van der Waals surface area (Å²) < 4.78 is 42.4. The van der Waals surface area contributed by atoms with E-state index in [9.17, 15) is 18.3 Å². The lowest BCUT2D eigenvalue weighted by Gasteiger charge is -2.37. The van der Waals surface area contributed by atoms with Gasteiger partial charge in [-0.1, -0.05) is 0 Å². The lowest BCUT2D eigenvalue weighted by atomic mass is 10.0. The molecule has 1 heterocycles. The zero-order valence-corrected chi connectivity index (χ0v) is 8.91. The van der Waals surface area contributed by atoms with Crippen LogP contribution in [0.15, 0.2) is 0 Å². The molecule has 1 N–H and O–H groups in total. The maximum absolute atomic E-state index is 12.4. The third kappa shape index (κ3) is 3.09. The number of aliphatic hydroxyl groups is 1. The molecule has 0 aromatic carbocycles. The molecule has 0 radical (unpaired) electrons. The smallest absolute Gasteiger partial charge is 0.391 e. The third-order valence-electron chi connectivity index (χ3n) is 3.09. The minimum atomic E-state index is -4.21. The second kappa shape index (κ2) is 4.50. The summed E-state index contributed by atoms with van der Waals surface area (Å²) in [6.45, 7) is -0.307. The summed E-state index contributed by atoms with van der Waals surface area (Å²) in [5, 5.41) is 9.72. The van der Waals surface area contributed by atoms with E-state index < -0.39 is 24.9 Å². The first-order chi connectivity index (χ1) is 7.47. The van der Waals surface area contributed by atoms with Gasteiger partial charge in [0.15, 0.2) is 0 Å². The molecule has 6 heteroatoms. The van der Waals surface area contributed by atoms with Crippen LogP contribution in [0.2, 0.25) is 0 Å². The van der Waals surface area contributed by atoms with Crippen LogP contribution in [0.1, 0.15) is 19.3 Å². The highest BCUT2D eigenvalue weighted by Crippen LogP contribution is 2.33. The predicted molar refractivity (Wildman–Crippen MR) is 51.0 cm³/mol. The summed E-state index contributed by atoms with van der Waals surface area (Å²) >= 11 is 0. The topological polar surface area (TPSA) is 32.7 Å². The van der Waals surface area contributed by atoms with E-state index in [0.29, 0.717) is 13.0 Å². The van der Waals surface area contributed by atoms with Crippen molar-refractivity contribution in [2.45, 2.75) is 43.6 Å². The Morgan fingerprint density at radius 3 is 2.44 bits per heavy atom. The summed E-state index contributed by atoms with van der Waals surface area (Å²) in [7, 11) is 0. The van der Waals surface area contributed by atoms with Gasteiger partial charge in [-0.05, 0) is 19.3 Å². The highest BCUT2D eigenvalue weighted by atomic mass is 19.4. The normalized spacial score (nSPS) is 32.1. The Labute approximate surface area is 92.2 Å². The number of hydrogen-bond acceptors (Lipinski definition) is 3. The molecular weight excluding hydrogens is 223 g/mol. The molecule has 16 heavy (non-hydrogen) atoms. The third-order valence-corrected chi connectivity index (χ3v) is 3.09. The van der Waals surface area contributed by atoms with Crippen LogP contribution >= 0.6 is 0 Å². The molecule has 3 nitrogen and oxygen atoms in total. The van der Waals surface area contributed by atoms with Crippen LogP contribution < -0.4 is 0 Å². The molecule has 0 aromatic heterocycles. The quantitative estimate of drug-likeness (QED) is 0.802. The van der Waals surface area contributed by atoms with E-state index in [0.717, 1.165) is 12.8 Å². The van der Waals surface area contributed by atoms with Crippen LogP contribution in [0.5, 0.6) is 0 Å². The van der Waals surface area contributed by atoms with E-state index >= 15 is 0 Å². The predicted octanol–water partition coefficient (Wildman–Crippen LogP) is 1.16. The molecule has 2 rings (SSSR count). The fraction of sp³-hybridized carbons (Fsp3) is 1.00. The second-order valence-electron chi connectivity index (χ2n) is 4.52. The molecule has 1 saturated carbocycles. The Morgan fingerprint density at radius 1 is 1.25 bits per heavy atom. The van der Waals surface area contributed by atoms with Gasteiger partial charge in [0.05, 0.1) is 25.3 Å². The Bertz CT molecular complexity index is 243. The van der Waals surface area contributed by atoms with Crippen molar-refractivity contribution in [3.05, 3.63) is 0 Å². The number of nitrogens with zero attached hydrogens (tertiary/aromatic N) is 1. The van der Waals surface area contributed by atoms with E-state index in [-0.39, 0.29) is 12.6 Å². The van der Waals surface area contributed by atoms with Crippen LogP contribution in [-0.4, -0.2) is 54.1 Å². The van der Waals surface area contributed by atoms with Gasteiger partial charge in [0.1, 0.15) is 0 Å². The maximum Gasteiger partial charge on any atom is 0.401 e. The monoisotopic (exact) mass is 239 g/mol. The van der Waals surface area contributed by atoms with Crippen molar-refractivity contribution in [2.24, 2.45) is 0 Å². The van der Waals surface area contributed by atoms with E-state index in [2.05, 4.69) is 0 Å². The number of ether oxygens (including phenoxy) is 1. The first-order valence-corrected chi connectivity index (χ1v) is 5.56. The molecule has 2 aliphatic rings. The molecule has 1 aliphatic carbocycles. The Kier molecular flexibility index (Phi) is 3.42. The number of alkyl halides is 3. The fourth-order valence-electron chi connectivity index (χ4n) is 2.16. The van der Waals surface area contributed by atoms with Crippen molar-refractivity contribution >= 4 is 0 Å². The standard InChI is InChI=1S/C10H16F3NO2/c11-10(12,13)6-14(7-1-2-7)8-5-16-4-3-9(8)15/h7-9,15H,1-6H2. The molecule has 1 saturated heterocycles. The van der Waals surface area contributed by atoms with Crippen molar-refractivity contribution in [3.8, 4) is 0 Å². The molecule has 2 atom stereocenters. The fourth-order valence-corrected chi connectivity index (χ4v) is 2.16. The second-order valence-corrected chi connectivity index (χ2v) is 4.52. The summed E-state index contributed by atoms with van der Waals surface area (Å²) in [5.41, 5.74) is 0. The maximum atomic E-state index is 12.4. The SMILES string of the molecule is OC1CCOCC1N(CC(F)(F)F)C1CC1. The van der Waals surface area contributed by atoms with Gasteiger partial charge in [0.25, 0.3) is 0 Å². The first kappa shape index (κ1) is 12.1. The first-order valence-electron chi connectivity index (χ1n) is 5.56. The van der Waals surface area contributed by atoms with Crippen molar-refractivity contribution < 1.29 is 23.0 Å². The van der Waals surface area contributed by atoms with Gasteiger partial charge in [-0.25, -0.2) is 0 Å². The molecular formula is C10H16F3NO2. The molecule has 0 amide bonds. The zero-order chi connectivity index (χ0) is 11.8. The van der Waals surface area contributed by atoms with Gasteiger partial charge in [-0.15, -0.1) is 0 Å². The van der Waals surface area contributed by atoms with E-state index in [1.807, 2.05) is 0 Å². The number of hydrogen-bond donors (Lipinski definition) is 1. The van der Waals surface area contributed by atoms with E-state index in [1.165, 1.54) is 4.90 Å². The van der Waals surface area contributed by atoms with E-state index in [1.54, 1.807) is 0 Å². The van der Waals surface area contributed by atoms with Crippen molar-refractivity contribution in [1.29, 1.82) is 0 Å².